The van der Waals surface area contributed by atoms with Crippen molar-refractivity contribution in [3.8, 4) is 0 Å². The first kappa shape index (κ1) is 12.6. The SMILES string of the molecule is Cc1cccc(NCC(=O)NC(C)C)c1C. The number of carbonyl (C=O) groups excluding carboxylic acids is 1. The van der Waals surface area contributed by atoms with Gasteiger partial charge in [0.1, 0.15) is 0 Å². The van der Waals surface area contributed by atoms with Crippen molar-refractivity contribution < 1.29 is 4.79 Å². The summed E-state index contributed by atoms with van der Waals surface area (Å²) in [6.45, 7) is 8.35. The number of hydrogen-bond donors (Lipinski definition) is 2. The summed E-state index contributed by atoms with van der Waals surface area (Å²) in [5.41, 5.74) is 3.45. The molecule has 0 saturated heterocycles. The van der Waals surface area contributed by atoms with E-state index in [1.807, 2.05) is 26.0 Å². The van der Waals surface area contributed by atoms with E-state index in [1.165, 1.54) is 11.1 Å². The minimum Gasteiger partial charge on any atom is -0.376 e. The molecule has 0 aliphatic carbocycles. The van der Waals surface area contributed by atoms with E-state index in [0.29, 0.717) is 6.54 Å². The summed E-state index contributed by atoms with van der Waals surface area (Å²) in [6, 6.07) is 6.23. The molecule has 0 spiro atoms. The Kier molecular flexibility index (Phi) is 4.35. The zero-order valence-electron chi connectivity index (χ0n) is 10.4. The lowest BCUT2D eigenvalue weighted by molar-refractivity contribution is -0.119. The second kappa shape index (κ2) is 5.54. The maximum absolute atomic E-state index is 11.4. The molecule has 1 rings (SSSR count). The van der Waals surface area contributed by atoms with Gasteiger partial charge >= 0.3 is 0 Å². The molecule has 3 heteroatoms. The van der Waals surface area contributed by atoms with Crippen LogP contribution in [0.5, 0.6) is 0 Å². The molecule has 3 nitrogen and oxygen atoms in total. The molecule has 1 amide bonds. The number of aryl methyl sites for hydroxylation is 1. The first-order chi connectivity index (χ1) is 7.50. The molecule has 2 N–H and O–H groups in total. The van der Waals surface area contributed by atoms with Crippen molar-refractivity contribution in [2.75, 3.05) is 11.9 Å². The molecule has 1 aromatic rings. The molecular weight excluding hydrogens is 200 g/mol. The number of nitrogens with one attached hydrogen (secondary N) is 2. The fourth-order valence-corrected chi connectivity index (χ4v) is 1.49. The van der Waals surface area contributed by atoms with Crippen molar-refractivity contribution in [2.45, 2.75) is 33.7 Å². The van der Waals surface area contributed by atoms with Gasteiger partial charge in [0.2, 0.25) is 5.91 Å². The maximum atomic E-state index is 11.4. The van der Waals surface area contributed by atoms with Crippen LogP contribution in [0.4, 0.5) is 5.69 Å². The third kappa shape index (κ3) is 3.57. The summed E-state index contributed by atoms with van der Waals surface area (Å²) in [5, 5.41) is 5.99. The number of amides is 1. The van der Waals surface area contributed by atoms with Crippen molar-refractivity contribution >= 4 is 11.6 Å². The van der Waals surface area contributed by atoms with Gasteiger partial charge in [-0.15, -0.1) is 0 Å². The molecule has 16 heavy (non-hydrogen) atoms. The van der Waals surface area contributed by atoms with E-state index in [0.717, 1.165) is 5.69 Å². The van der Waals surface area contributed by atoms with Crippen molar-refractivity contribution in [1.29, 1.82) is 0 Å². The number of benzene rings is 1. The van der Waals surface area contributed by atoms with Crippen molar-refractivity contribution in [1.82, 2.24) is 5.32 Å². The van der Waals surface area contributed by atoms with E-state index in [-0.39, 0.29) is 11.9 Å². The van der Waals surface area contributed by atoms with Gasteiger partial charge in [-0.25, -0.2) is 0 Å². The predicted molar refractivity (Wildman–Crippen MR) is 67.7 cm³/mol. The van der Waals surface area contributed by atoms with E-state index >= 15 is 0 Å². The lowest BCUT2D eigenvalue weighted by Gasteiger charge is -2.12. The number of carbonyl (C=O) groups is 1. The standard InChI is InChI=1S/C13H20N2O/c1-9(2)15-13(16)8-14-12-7-5-6-10(3)11(12)4/h5-7,9,14H,8H2,1-4H3,(H,15,16). The molecule has 0 atom stereocenters. The number of anilines is 1. The zero-order valence-corrected chi connectivity index (χ0v) is 10.4. The molecule has 0 aromatic heterocycles. The van der Waals surface area contributed by atoms with E-state index in [4.69, 9.17) is 0 Å². The molecule has 0 unspecified atom stereocenters. The maximum Gasteiger partial charge on any atom is 0.239 e. The molecule has 0 saturated carbocycles. The first-order valence-electron chi connectivity index (χ1n) is 5.60. The molecule has 0 bridgehead atoms. The van der Waals surface area contributed by atoms with E-state index in [2.05, 4.69) is 30.5 Å². The third-order valence-electron chi connectivity index (χ3n) is 2.49. The van der Waals surface area contributed by atoms with Gasteiger partial charge in [-0.1, -0.05) is 12.1 Å². The lowest BCUT2D eigenvalue weighted by Crippen LogP contribution is -2.34. The molecule has 0 radical (unpaired) electrons. The van der Waals surface area contributed by atoms with Crippen LogP contribution < -0.4 is 10.6 Å². The smallest absolute Gasteiger partial charge is 0.239 e. The minimum atomic E-state index is 0.0240. The van der Waals surface area contributed by atoms with Gasteiger partial charge in [0.15, 0.2) is 0 Å². The second-order valence-corrected chi connectivity index (χ2v) is 4.32. The molecule has 0 fully saturated rings. The van der Waals surface area contributed by atoms with Crippen molar-refractivity contribution in [3.63, 3.8) is 0 Å². The third-order valence-corrected chi connectivity index (χ3v) is 2.49. The summed E-state index contributed by atoms with van der Waals surface area (Å²) in [5.74, 6) is 0.0240. The Morgan fingerprint density at radius 1 is 1.31 bits per heavy atom. The molecule has 0 aliphatic heterocycles. The lowest BCUT2D eigenvalue weighted by atomic mass is 10.1. The van der Waals surface area contributed by atoms with E-state index in [9.17, 15) is 4.79 Å². The molecule has 88 valence electrons. The zero-order chi connectivity index (χ0) is 12.1. The summed E-state index contributed by atoms with van der Waals surface area (Å²) >= 11 is 0. The fourth-order valence-electron chi connectivity index (χ4n) is 1.49. The Morgan fingerprint density at radius 3 is 2.62 bits per heavy atom. The molecule has 1 aromatic carbocycles. The highest BCUT2D eigenvalue weighted by Crippen LogP contribution is 2.17. The van der Waals surface area contributed by atoms with E-state index in [1.54, 1.807) is 0 Å². The summed E-state index contributed by atoms with van der Waals surface area (Å²) in [4.78, 5) is 11.4. The average Bonchev–Trinajstić information content (AvgIpc) is 2.19. The van der Waals surface area contributed by atoms with Crippen LogP contribution in [0.1, 0.15) is 25.0 Å². The average molecular weight is 220 g/mol. The number of hydrogen-bond acceptors (Lipinski definition) is 2. The van der Waals surface area contributed by atoms with Gasteiger partial charge in [0, 0.05) is 11.7 Å². The van der Waals surface area contributed by atoms with Crippen molar-refractivity contribution in [2.24, 2.45) is 0 Å². The molecule has 0 aliphatic rings. The topological polar surface area (TPSA) is 41.1 Å². The largest absolute Gasteiger partial charge is 0.376 e. The van der Waals surface area contributed by atoms with Crippen LogP contribution in [0.2, 0.25) is 0 Å². The Hall–Kier alpha value is -1.51. The first-order valence-corrected chi connectivity index (χ1v) is 5.60. The highest BCUT2D eigenvalue weighted by atomic mass is 16.1. The Bertz CT molecular complexity index is 372. The molecular formula is C13H20N2O. The van der Waals surface area contributed by atoms with Crippen LogP contribution in [0.25, 0.3) is 0 Å². The van der Waals surface area contributed by atoms with Crippen LogP contribution in [0.15, 0.2) is 18.2 Å². The Balaban J connectivity index is 2.55. The summed E-state index contributed by atoms with van der Waals surface area (Å²) in [6.07, 6.45) is 0. The highest BCUT2D eigenvalue weighted by Gasteiger charge is 2.04. The van der Waals surface area contributed by atoms with Crippen molar-refractivity contribution in [3.05, 3.63) is 29.3 Å². The Labute approximate surface area is 97.2 Å². The molecule has 0 heterocycles. The fraction of sp³-hybridized carbons (Fsp3) is 0.462. The monoisotopic (exact) mass is 220 g/mol. The van der Waals surface area contributed by atoms with Gasteiger partial charge < -0.3 is 10.6 Å². The van der Waals surface area contributed by atoms with Crippen LogP contribution >= 0.6 is 0 Å². The van der Waals surface area contributed by atoms with Crippen LogP contribution in [-0.2, 0) is 4.79 Å². The minimum absolute atomic E-state index is 0.0240. The van der Waals surface area contributed by atoms with Crippen LogP contribution in [0, 0.1) is 13.8 Å². The van der Waals surface area contributed by atoms with Gasteiger partial charge in [0.25, 0.3) is 0 Å². The number of rotatable bonds is 4. The second-order valence-electron chi connectivity index (χ2n) is 4.32. The predicted octanol–water partition coefficient (Wildman–Crippen LogP) is 2.24. The Morgan fingerprint density at radius 2 is 2.00 bits per heavy atom. The highest BCUT2D eigenvalue weighted by molar-refractivity contribution is 5.81. The van der Waals surface area contributed by atoms with E-state index < -0.39 is 0 Å². The van der Waals surface area contributed by atoms with Crippen LogP contribution in [0.3, 0.4) is 0 Å². The van der Waals surface area contributed by atoms with Gasteiger partial charge in [-0.2, -0.15) is 0 Å². The quantitative estimate of drug-likeness (QED) is 0.817. The normalized spacial score (nSPS) is 10.3. The van der Waals surface area contributed by atoms with Gasteiger partial charge in [-0.3, -0.25) is 4.79 Å². The van der Waals surface area contributed by atoms with Gasteiger partial charge in [0.05, 0.1) is 6.54 Å². The van der Waals surface area contributed by atoms with Crippen LogP contribution in [-0.4, -0.2) is 18.5 Å². The summed E-state index contributed by atoms with van der Waals surface area (Å²) in [7, 11) is 0. The van der Waals surface area contributed by atoms with Gasteiger partial charge in [-0.05, 0) is 44.9 Å². The summed E-state index contributed by atoms with van der Waals surface area (Å²) < 4.78 is 0.